The van der Waals surface area contributed by atoms with E-state index in [9.17, 15) is 8.42 Å². The Bertz CT molecular complexity index is 754. The van der Waals surface area contributed by atoms with Crippen LogP contribution in [0.5, 0.6) is 0 Å². The molecule has 2 aromatic carbocycles. The number of rotatable bonds is 5. The predicted molar refractivity (Wildman–Crippen MR) is 93.3 cm³/mol. The summed E-state index contributed by atoms with van der Waals surface area (Å²) in [5, 5.41) is -2.16. The first-order chi connectivity index (χ1) is 11.5. The van der Waals surface area contributed by atoms with Gasteiger partial charge in [0.25, 0.3) is 0 Å². The molecule has 1 saturated heterocycles. The fraction of sp³-hybridized carbons (Fsp3) is 0.368. The van der Waals surface area contributed by atoms with Gasteiger partial charge >= 0.3 is 0 Å². The molecule has 0 spiro atoms. The number of benzene rings is 2. The molecule has 0 N–H and O–H groups in total. The molecule has 0 atom stereocenters. The van der Waals surface area contributed by atoms with E-state index in [0.29, 0.717) is 13.1 Å². The van der Waals surface area contributed by atoms with Crippen molar-refractivity contribution in [1.29, 1.82) is 0 Å². The predicted octanol–water partition coefficient (Wildman–Crippen LogP) is 3.46. The average Bonchev–Trinajstić information content (AvgIpc) is 2.63. The van der Waals surface area contributed by atoms with Gasteiger partial charge in [0.15, 0.2) is 0 Å². The van der Waals surface area contributed by atoms with E-state index < -0.39 is 14.8 Å². The maximum absolute atomic E-state index is 15.2. The summed E-state index contributed by atoms with van der Waals surface area (Å²) in [6.45, 7) is 1.76. The molecule has 128 valence electrons. The van der Waals surface area contributed by atoms with Crippen LogP contribution in [0.15, 0.2) is 65.6 Å². The van der Waals surface area contributed by atoms with Crippen LogP contribution in [0.25, 0.3) is 0 Å². The summed E-state index contributed by atoms with van der Waals surface area (Å²) < 4.78 is 40.4. The molecule has 0 amide bonds. The van der Waals surface area contributed by atoms with Gasteiger partial charge in [0.2, 0.25) is 14.8 Å². The molecular formula is C19H22FNO2S. The number of nitrogens with zero attached hydrogens (tertiary/aromatic N) is 1. The maximum atomic E-state index is 15.2. The Balaban J connectivity index is 1.61. The Morgan fingerprint density at radius 3 is 2.04 bits per heavy atom. The Hall–Kier alpha value is -1.72. The lowest BCUT2D eigenvalue weighted by Gasteiger charge is -2.35. The van der Waals surface area contributed by atoms with Crippen LogP contribution in [0.4, 0.5) is 4.39 Å². The number of hydrogen-bond donors (Lipinski definition) is 0. The molecule has 1 fully saturated rings. The zero-order valence-corrected chi connectivity index (χ0v) is 14.4. The van der Waals surface area contributed by atoms with Gasteiger partial charge in [0.1, 0.15) is 0 Å². The minimum Gasteiger partial charge on any atom is -0.303 e. The van der Waals surface area contributed by atoms with Crippen molar-refractivity contribution in [3.63, 3.8) is 0 Å². The SMILES string of the molecule is O=S(=O)(c1ccccc1)C1(F)CCN(CCc2ccccc2)CC1. The summed E-state index contributed by atoms with van der Waals surface area (Å²) in [6.07, 6.45) is 0.948. The summed E-state index contributed by atoms with van der Waals surface area (Å²) in [5.41, 5.74) is 1.24. The Morgan fingerprint density at radius 1 is 0.917 bits per heavy atom. The van der Waals surface area contributed by atoms with Gasteiger partial charge in [-0.15, -0.1) is 0 Å². The third-order valence-corrected chi connectivity index (χ3v) is 6.96. The van der Waals surface area contributed by atoms with E-state index in [4.69, 9.17) is 0 Å². The lowest BCUT2D eigenvalue weighted by molar-refractivity contribution is 0.121. The highest BCUT2D eigenvalue weighted by atomic mass is 32.2. The third-order valence-electron chi connectivity index (χ3n) is 4.70. The molecule has 3 rings (SSSR count). The van der Waals surface area contributed by atoms with E-state index in [1.54, 1.807) is 18.2 Å². The van der Waals surface area contributed by atoms with Crippen molar-refractivity contribution in [2.75, 3.05) is 19.6 Å². The van der Waals surface area contributed by atoms with Gasteiger partial charge in [-0.1, -0.05) is 48.5 Å². The molecule has 0 radical (unpaired) electrons. The summed E-state index contributed by atoms with van der Waals surface area (Å²) in [5.74, 6) is 0. The largest absolute Gasteiger partial charge is 0.303 e. The molecule has 0 bridgehead atoms. The number of hydrogen-bond acceptors (Lipinski definition) is 3. The quantitative estimate of drug-likeness (QED) is 0.831. The minimum absolute atomic E-state index is 0.0268. The average molecular weight is 347 g/mol. The zero-order chi connectivity index (χ0) is 17.0. The minimum atomic E-state index is -3.95. The Morgan fingerprint density at radius 2 is 1.46 bits per heavy atom. The Labute approximate surface area is 143 Å². The number of alkyl halides is 1. The molecule has 1 aliphatic rings. The van der Waals surface area contributed by atoms with Crippen molar-refractivity contribution in [2.45, 2.75) is 29.2 Å². The molecule has 0 saturated carbocycles. The van der Waals surface area contributed by atoms with Crippen molar-refractivity contribution >= 4 is 9.84 Å². The number of likely N-dealkylation sites (tertiary alicyclic amines) is 1. The molecule has 24 heavy (non-hydrogen) atoms. The van der Waals surface area contributed by atoms with Crippen molar-refractivity contribution in [1.82, 2.24) is 4.90 Å². The first kappa shape index (κ1) is 17.1. The van der Waals surface area contributed by atoms with Crippen molar-refractivity contribution in [3.05, 3.63) is 66.2 Å². The van der Waals surface area contributed by atoms with Gasteiger partial charge < -0.3 is 4.90 Å². The zero-order valence-electron chi connectivity index (χ0n) is 13.6. The van der Waals surface area contributed by atoms with Crippen molar-refractivity contribution in [3.8, 4) is 0 Å². The van der Waals surface area contributed by atoms with Gasteiger partial charge in [-0.05, 0) is 24.1 Å². The summed E-state index contributed by atoms with van der Waals surface area (Å²) in [7, 11) is -3.95. The summed E-state index contributed by atoms with van der Waals surface area (Å²) in [6, 6.07) is 18.1. The van der Waals surface area contributed by atoms with E-state index in [1.807, 2.05) is 18.2 Å². The molecule has 0 aliphatic carbocycles. The fourth-order valence-corrected chi connectivity index (χ4v) is 4.78. The van der Waals surface area contributed by atoms with E-state index in [-0.39, 0.29) is 17.7 Å². The van der Waals surface area contributed by atoms with Crippen LogP contribution < -0.4 is 0 Å². The van der Waals surface area contributed by atoms with Crippen LogP contribution in [-0.4, -0.2) is 38.0 Å². The molecule has 3 nitrogen and oxygen atoms in total. The standard InChI is InChI=1S/C19H22FNO2S/c20-19(24(22,23)18-9-5-2-6-10-18)12-15-21(16-13-19)14-11-17-7-3-1-4-8-17/h1-10H,11-16H2. The van der Waals surface area contributed by atoms with Gasteiger partial charge in [-0.2, -0.15) is 0 Å². The molecule has 1 aliphatic heterocycles. The first-order valence-electron chi connectivity index (χ1n) is 8.26. The second-order valence-corrected chi connectivity index (χ2v) is 8.49. The van der Waals surface area contributed by atoms with Gasteiger partial charge in [0, 0.05) is 32.5 Å². The van der Waals surface area contributed by atoms with E-state index in [0.717, 1.165) is 13.0 Å². The molecule has 1 heterocycles. The smallest absolute Gasteiger partial charge is 0.217 e. The normalized spacial score (nSPS) is 18.4. The highest BCUT2D eigenvalue weighted by Gasteiger charge is 2.47. The van der Waals surface area contributed by atoms with E-state index in [1.165, 1.54) is 17.7 Å². The number of piperidine rings is 1. The molecule has 0 aromatic heterocycles. The maximum Gasteiger partial charge on any atom is 0.217 e. The highest BCUT2D eigenvalue weighted by Crippen LogP contribution is 2.36. The lowest BCUT2D eigenvalue weighted by Crippen LogP contribution is -2.46. The van der Waals surface area contributed by atoms with Crippen LogP contribution in [0.1, 0.15) is 18.4 Å². The molecular weight excluding hydrogens is 325 g/mol. The van der Waals surface area contributed by atoms with Crippen LogP contribution >= 0.6 is 0 Å². The van der Waals surface area contributed by atoms with Crippen LogP contribution in [-0.2, 0) is 16.3 Å². The third kappa shape index (κ3) is 3.52. The number of sulfone groups is 1. The van der Waals surface area contributed by atoms with Crippen molar-refractivity contribution < 1.29 is 12.8 Å². The summed E-state index contributed by atoms with van der Waals surface area (Å²) in [4.78, 5) is 2.22. The van der Waals surface area contributed by atoms with E-state index in [2.05, 4.69) is 17.0 Å². The summed E-state index contributed by atoms with van der Waals surface area (Å²) >= 11 is 0. The number of halogens is 1. The second kappa shape index (κ2) is 7.03. The van der Waals surface area contributed by atoms with Gasteiger partial charge in [-0.25, -0.2) is 12.8 Å². The van der Waals surface area contributed by atoms with Crippen LogP contribution in [0, 0.1) is 0 Å². The lowest BCUT2D eigenvalue weighted by atomic mass is 10.1. The first-order valence-corrected chi connectivity index (χ1v) is 9.74. The van der Waals surface area contributed by atoms with Gasteiger partial charge in [-0.3, -0.25) is 0 Å². The molecule has 5 heteroatoms. The Kier molecular flexibility index (Phi) is 5.01. The fourth-order valence-electron chi connectivity index (χ4n) is 3.12. The van der Waals surface area contributed by atoms with E-state index >= 15 is 4.39 Å². The van der Waals surface area contributed by atoms with Crippen molar-refractivity contribution in [2.24, 2.45) is 0 Å². The second-order valence-electron chi connectivity index (χ2n) is 6.28. The van der Waals surface area contributed by atoms with Crippen LogP contribution in [0.2, 0.25) is 0 Å². The molecule has 0 unspecified atom stereocenters. The monoisotopic (exact) mass is 347 g/mol. The van der Waals surface area contributed by atoms with Gasteiger partial charge in [0.05, 0.1) is 4.90 Å². The highest BCUT2D eigenvalue weighted by molar-refractivity contribution is 7.92. The van der Waals surface area contributed by atoms with Crippen LogP contribution in [0.3, 0.4) is 0 Å². The topological polar surface area (TPSA) is 37.4 Å². The molecule has 2 aromatic rings.